The molecule has 0 aliphatic heterocycles. The Morgan fingerprint density at radius 2 is 1.96 bits per heavy atom. The second-order valence-corrected chi connectivity index (χ2v) is 7.66. The zero-order chi connectivity index (χ0) is 18.5. The number of nitrogens with zero attached hydrogens (tertiary/aromatic N) is 1. The van der Waals surface area contributed by atoms with E-state index in [1.807, 2.05) is 30.0 Å². The fraction of sp³-hybridized carbons (Fsp3) is 0.545. The normalized spacial score (nSPS) is 15.3. The Hall–Kier alpha value is -2.10. The van der Waals surface area contributed by atoms with Crippen LogP contribution in [0.15, 0.2) is 29.1 Å². The molecule has 1 fully saturated rings. The lowest BCUT2D eigenvalue weighted by Crippen LogP contribution is -2.38. The Bertz CT molecular complexity index is 818. The number of hydrogen-bond acceptors (Lipinski definition) is 2. The summed E-state index contributed by atoms with van der Waals surface area (Å²) in [5, 5.41) is 1.03. The van der Waals surface area contributed by atoms with E-state index in [-0.39, 0.29) is 17.4 Å². The number of hydrogen-bond donors (Lipinski definition) is 1. The standard InChI is InChI=1S/C22H30N2O2/c1-3-4-12-24(22(26)17-8-6-5-7-9-17)15-19-14-18-13-16(2)10-11-20(18)23-21(19)25/h10-11,13-14,17H,3-9,12,15H2,1-2H3,(H,23,25). The number of carbonyl (C=O) groups excluding carboxylic acids is 1. The predicted octanol–water partition coefficient (Wildman–Crippen LogP) is 4.55. The van der Waals surface area contributed by atoms with Crippen LogP contribution in [0.1, 0.15) is 63.0 Å². The summed E-state index contributed by atoms with van der Waals surface area (Å²) < 4.78 is 0. The highest BCUT2D eigenvalue weighted by atomic mass is 16.2. The van der Waals surface area contributed by atoms with Gasteiger partial charge in [-0.25, -0.2) is 0 Å². The van der Waals surface area contributed by atoms with Crippen molar-refractivity contribution in [3.63, 3.8) is 0 Å². The number of nitrogens with one attached hydrogen (secondary N) is 1. The third-order valence-electron chi connectivity index (χ3n) is 5.49. The zero-order valence-corrected chi connectivity index (χ0v) is 16.0. The second kappa shape index (κ2) is 8.52. The van der Waals surface area contributed by atoms with E-state index in [9.17, 15) is 9.59 Å². The number of aryl methyl sites for hydroxylation is 1. The summed E-state index contributed by atoms with van der Waals surface area (Å²) in [6, 6.07) is 7.97. The zero-order valence-electron chi connectivity index (χ0n) is 16.0. The first-order valence-corrected chi connectivity index (χ1v) is 10.00. The maximum atomic E-state index is 13.1. The van der Waals surface area contributed by atoms with E-state index in [2.05, 4.69) is 18.0 Å². The van der Waals surface area contributed by atoms with Crippen LogP contribution in [0.4, 0.5) is 0 Å². The number of fused-ring (bicyclic) bond motifs is 1. The summed E-state index contributed by atoms with van der Waals surface area (Å²) in [5.74, 6) is 0.379. The lowest BCUT2D eigenvalue weighted by molar-refractivity contribution is -0.137. The van der Waals surface area contributed by atoms with Gasteiger partial charge in [-0.05, 0) is 49.8 Å². The molecule has 0 saturated heterocycles. The molecular weight excluding hydrogens is 324 g/mol. The van der Waals surface area contributed by atoms with Crippen LogP contribution in [-0.4, -0.2) is 22.3 Å². The fourth-order valence-corrected chi connectivity index (χ4v) is 3.92. The number of aromatic amines is 1. The highest BCUT2D eigenvalue weighted by molar-refractivity contribution is 5.81. The third-order valence-corrected chi connectivity index (χ3v) is 5.49. The summed E-state index contributed by atoms with van der Waals surface area (Å²) in [6.07, 6.45) is 7.54. The van der Waals surface area contributed by atoms with E-state index in [4.69, 9.17) is 0 Å². The molecule has 2 aromatic rings. The molecule has 140 valence electrons. The SMILES string of the molecule is CCCCN(Cc1cc2cc(C)ccc2[nH]c1=O)C(=O)C1CCCCC1. The Morgan fingerprint density at radius 3 is 2.69 bits per heavy atom. The van der Waals surface area contributed by atoms with Gasteiger partial charge in [0.15, 0.2) is 0 Å². The minimum absolute atomic E-state index is 0.0840. The van der Waals surface area contributed by atoms with Crippen LogP contribution < -0.4 is 5.56 Å². The highest BCUT2D eigenvalue weighted by Crippen LogP contribution is 2.26. The molecule has 1 aliphatic rings. The smallest absolute Gasteiger partial charge is 0.253 e. The molecule has 1 aliphatic carbocycles. The predicted molar refractivity (Wildman–Crippen MR) is 106 cm³/mol. The average Bonchev–Trinajstić information content (AvgIpc) is 2.66. The molecule has 1 saturated carbocycles. The van der Waals surface area contributed by atoms with E-state index >= 15 is 0 Å². The number of unbranched alkanes of at least 4 members (excludes halogenated alkanes) is 1. The van der Waals surface area contributed by atoms with Gasteiger partial charge in [-0.1, -0.05) is 44.2 Å². The summed E-state index contributed by atoms with van der Waals surface area (Å²) in [6.45, 7) is 5.32. The minimum atomic E-state index is -0.0840. The molecule has 1 aromatic heterocycles. The number of amides is 1. The van der Waals surface area contributed by atoms with Crippen molar-refractivity contribution in [3.8, 4) is 0 Å². The summed E-state index contributed by atoms with van der Waals surface area (Å²) in [5.41, 5.74) is 2.61. The van der Waals surface area contributed by atoms with E-state index in [0.717, 1.165) is 61.5 Å². The maximum Gasteiger partial charge on any atom is 0.253 e. The van der Waals surface area contributed by atoms with Crippen LogP contribution in [0.3, 0.4) is 0 Å². The van der Waals surface area contributed by atoms with Gasteiger partial charge in [0, 0.05) is 23.5 Å². The molecular formula is C22H30N2O2. The Balaban J connectivity index is 1.85. The number of pyridine rings is 1. The molecule has 4 nitrogen and oxygen atoms in total. The van der Waals surface area contributed by atoms with Crippen LogP contribution in [0.5, 0.6) is 0 Å². The van der Waals surface area contributed by atoms with E-state index in [1.54, 1.807) is 0 Å². The lowest BCUT2D eigenvalue weighted by atomic mass is 9.88. The Morgan fingerprint density at radius 1 is 1.19 bits per heavy atom. The van der Waals surface area contributed by atoms with Gasteiger partial charge >= 0.3 is 0 Å². The van der Waals surface area contributed by atoms with Gasteiger partial charge in [0.25, 0.3) is 5.56 Å². The topological polar surface area (TPSA) is 53.2 Å². The van der Waals surface area contributed by atoms with Gasteiger partial charge in [-0.15, -0.1) is 0 Å². The minimum Gasteiger partial charge on any atom is -0.338 e. The van der Waals surface area contributed by atoms with Crippen LogP contribution >= 0.6 is 0 Å². The van der Waals surface area contributed by atoms with Gasteiger partial charge in [0.05, 0.1) is 6.54 Å². The van der Waals surface area contributed by atoms with Gasteiger partial charge in [0.2, 0.25) is 5.91 Å². The molecule has 0 spiro atoms. The van der Waals surface area contributed by atoms with Crippen LogP contribution in [0.2, 0.25) is 0 Å². The number of H-pyrrole nitrogens is 1. The molecule has 26 heavy (non-hydrogen) atoms. The molecule has 1 heterocycles. The molecule has 1 amide bonds. The van der Waals surface area contributed by atoms with Crippen molar-refractivity contribution in [1.82, 2.24) is 9.88 Å². The van der Waals surface area contributed by atoms with E-state index in [0.29, 0.717) is 12.1 Å². The molecule has 4 heteroatoms. The van der Waals surface area contributed by atoms with Crippen molar-refractivity contribution in [2.75, 3.05) is 6.54 Å². The van der Waals surface area contributed by atoms with Crippen LogP contribution in [0, 0.1) is 12.8 Å². The number of carbonyl (C=O) groups is 1. The van der Waals surface area contributed by atoms with E-state index < -0.39 is 0 Å². The molecule has 1 aromatic carbocycles. The summed E-state index contributed by atoms with van der Waals surface area (Å²) >= 11 is 0. The fourth-order valence-electron chi connectivity index (χ4n) is 3.92. The van der Waals surface area contributed by atoms with Crippen LogP contribution in [0.25, 0.3) is 10.9 Å². The molecule has 1 N–H and O–H groups in total. The molecule has 0 radical (unpaired) electrons. The second-order valence-electron chi connectivity index (χ2n) is 7.66. The Kier molecular flexibility index (Phi) is 6.12. The van der Waals surface area contributed by atoms with Crippen molar-refractivity contribution >= 4 is 16.8 Å². The monoisotopic (exact) mass is 354 g/mol. The summed E-state index contributed by atoms with van der Waals surface area (Å²) in [7, 11) is 0. The average molecular weight is 354 g/mol. The lowest BCUT2D eigenvalue weighted by Gasteiger charge is -2.29. The first-order valence-electron chi connectivity index (χ1n) is 10.00. The third kappa shape index (κ3) is 4.35. The highest BCUT2D eigenvalue weighted by Gasteiger charge is 2.26. The number of benzene rings is 1. The first kappa shape index (κ1) is 18.7. The molecule has 0 atom stereocenters. The largest absolute Gasteiger partial charge is 0.338 e. The summed E-state index contributed by atoms with van der Waals surface area (Å²) in [4.78, 5) is 30.5. The number of aromatic nitrogens is 1. The molecule has 0 bridgehead atoms. The first-order chi connectivity index (χ1) is 12.6. The molecule has 0 unspecified atom stereocenters. The van der Waals surface area contributed by atoms with Gasteiger partial charge < -0.3 is 9.88 Å². The van der Waals surface area contributed by atoms with Gasteiger partial charge in [-0.2, -0.15) is 0 Å². The van der Waals surface area contributed by atoms with Crippen molar-refractivity contribution in [3.05, 3.63) is 45.7 Å². The van der Waals surface area contributed by atoms with E-state index in [1.165, 1.54) is 6.42 Å². The van der Waals surface area contributed by atoms with Gasteiger partial charge in [-0.3, -0.25) is 9.59 Å². The quantitative estimate of drug-likeness (QED) is 0.827. The van der Waals surface area contributed by atoms with Crippen molar-refractivity contribution in [2.45, 2.75) is 65.3 Å². The number of rotatable bonds is 6. The van der Waals surface area contributed by atoms with Crippen molar-refractivity contribution in [2.24, 2.45) is 5.92 Å². The molecule has 3 rings (SSSR count). The van der Waals surface area contributed by atoms with Crippen LogP contribution in [-0.2, 0) is 11.3 Å². The Labute approximate surface area is 155 Å². The maximum absolute atomic E-state index is 13.1. The van der Waals surface area contributed by atoms with Gasteiger partial charge in [0.1, 0.15) is 0 Å². The van der Waals surface area contributed by atoms with Crippen molar-refractivity contribution in [1.29, 1.82) is 0 Å². The van der Waals surface area contributed by atoms with Crippen molar-refractivity contribution < 1.29 is 4.79 Å².